The van der Waals surface area contributed by atoms with Gasteiger partial charge in [0.2, 0.25) is 0 Å². The second-order valence-electron chi connectivity index (χ2n) is 7.23. The van der Waals surface area contributed by atoms with Gasteiger partial charge in [0, 0.05) is 30.7 Å². The van der Waals surface area contributed by atoms with Crippen molar-refractivity contribution < 1.29 is 9.82 Å². The first-order valence-corrected chi connectivity index (χ1v) is 9.34. The number of pyridine rings is 1. The number of Topliss-reactive ketones (excluding diaryl/α,β-unsaturated/α-hetero) is 1. The minimum atomic E-state index is -0.720. The van der Waals surface area contributed by atoms with Crippen LogP contribution >= 0.6 is 0 Å². The Labute approximate surface area is 164 Å². The molecule has 0 bridgehead atoms. The molecule has 28 heavy (non-hydrogen) atoms. The highest BCUT2D eigenvalue weighted by Gasteiger charge is 2.27. The summed E-state index contributed by atoms with van der Waals surface area (Å²) in [5.41, 5.74) is 9.54. The molecule has 0 aliphatic carbocycles. The summed E-state index contributed by atoms with van der Waals surface area (Å²) in [4.78, 5) is 18.9. The molecule has 3 aromatic rings. The first-order valence-electron chi connectivity index (χ1n) is 9.34. The fourth-order valence-corrected chi connectivity index (χ4v) is 3.70. The van der Waals surface area contributed by atoms with Crippen molar-refractivity contribution in [2.75, 3.05) is 13.6 Å². The molecule has 1 atom stereocenters. The summed E-state index contributed by atoms with van der Waals surface area (Å²) >= 11 is 0. The van der Waals surface area contributed by atoms with E-state index in [1.54, 1.807) is 11.0 Å². The molecular weight excluding hydrogens is 349 g/mol. The number of fused-ring (bicyclic) bond motifs is 2. The van der Waals surface area contributed by atoms with Gasteiger partial charge in [0.25, 0.3) is 0 Å². The maximum Gasteiger partial charge on any atom is 0.449 e. The number of carbonyl (C=O) groups is 1. The molecule has 0 saturated carbocycles. The lowest BCUT2D eigenvalue weighted by Gasteiger charge is -2.25. The van der Waals surface area contributed by atoms with Crippen molar-refractivity contribution in [3.05, 3.63) is 77.7 Å². The van der Waals surface area contributed by atoms with Gasteiger partial charge in [-0.05, 0) is 52.9 Å². The van der Waals surface area contributed by atoms with E-state index in [9.17, 15) is 9.82 Å². The topological polar surface area (TPSA) is 79.5 Å². The maximum absolute atomic E-state index is 13.0. The highest BCUT2D eigenvalue weighted by Crippen LogP contribution is 2.22. The van der Waals surface area contributed by atoms with Gasteiger partial charge in [-0.2, -0.15) is 0 Å². The average molecular weight is 371 g/mol. The van der Waals surface area contributed by atoms with E-state index < -0.39 is 13.0 Å². The lowest BCUT2D eigenvalue weighted by Crippen LogP contribution is -2.47. The standard InChI is InChI=1S/C22H22BN3O2/c1-26-9-7-16-4-5-18(12-21(16)23(26)28)20(13-24)22(27)11-15-2-3-19-14-25-8-6-17(19)10-15/h2-10,12,14,20,28H,11,13,24H2,1H3. The van der Waals surface area contributed by atoms with Gasteiger partial charge in [-0.1, -0.05) is 36.4 Å². The van der Waals surface area contributed by atoms with Crippen LogP contribution in [0.25, 0.3) is 16.8 Å². The van der Waals surface area contributed by atoms with Gasteiger partial charge >= 0.3 is 7.05 Å². The molecule has 3 N–H and O–H groups in total. The second kappa shape index (κ2) is 7.58. The fraction of sp³-hybridized carbons (Fsp3) is 0.182. The first kappa shape index (κ1) is 18.4. The van der Waals surface area contributed by atoms with Crippen LogP contribution in [0.2, 0.25) is 0 Å². The Morgan fingerprint density at radius 3 is 2.89 bits per heavy atom. The molecular formula is C22H22BN3O2. The Bertz CT molecular complexity index is 1070. The van der Waals surface area contributed by atoms with Crippen molar-refractivity contribution in [2.24, 2.45) is 5.73 Å². The van der Waals surface area contributed by atoms with Gasteiger partial charge in [-0.15, -0.1) is 0 Å². The molecule has 0 fully saturated rings. The number of hydrogen-bond donors (Lipinski definition) is 2. The smallest absolute Gasteiger partial charge is 0.429 e. The van der Waals surface area contributed by atoms with E-state index in [1.165, 1.54) is 0 Å². The van der Waals surface area contributed by atoms with Crippen molar-refractivity contribution in [1.82, 2.24) is 9.79 Å². The summed E-state index contributed by atoms with van der Waals surface area (Å²) in [7, 11) is 1.10. The summed E-state index contributed by atoms with van der Waals surface area (Å²) in [5.74, 6) is -0.327. The SMILES string of the molecule is CN1C=Cc2ccc(C(CN)C(=O)Cc3ccc4cnccc4c3)cc2B1O. The van der Waals surface area contributed by atoms with Gasteiger partial charge in [-0.3, -0.25) is 9.78 Å². The van der Waals surface area contributed by atoms with E-state index in [1.807, 2.05) is 68.0 Å². The van der Waals surface area contributed by atoms with Crippen molar-refractivity contribution in [2.45, 2.75) is 12.3 Å². The van der Waals surface area contributed by atoms with Gasteiger partial charge in [0.05, 0.1) is 5.92 Å². The Morgan fingerprint density at radius 1 is 1.21 bits per heavy atom. The van der Waals surface area contributed by atoms with E-state index in [-0.39, 0.29) is 12.3 Å². The molecule has 140 valence electrons. The summed E-state index contributed by atoms with van der Waals surface area (Å²) in [5, 5.41) is 12.6. The third-order valence-corrected chi connectivity index (χ3v) is 5.37. The third kappa shape index (κ3) is 3.44. The van der Waals surface area contributed by atoms with Crippen molar-refractivity contribution in [1.29, 1.82) is 0 Å². The number of ketones is 1. The minimum absolute atomic E-state index is 0.0741. The van der Waals surface area contributed by atoms with Crippen LogP contribution in [0.1, 0.15) is 22.6 Å². The normalized spacial score (nSPS) is 14.2. The average Bonchev–Trinajstić information content (AvgIpc) is 2.71. The third-order valence-electron chi connectivity index (χ3n) is 5.37. The van der Waals surface area contributed by atoms with Crippen LogP contribution in [0, 0.1) is 0 Å². The molecule has 5 nitrogen and oxygen atoms in total. The summed E-state index contributed by atoms with van der Waals surface area (Å²) < 4.78 is 0. The number of rotatable bonds is 5. The number of benzene rings is 2. The van der Waals surface area contributed by atoms with Crippen LogP contribution in [0.3, 0.4) is 0 Å². The Kier molecular flexibility index (Phi) is 4.98. The minimum Gasteiger partial charge on any atom is -0.429 e. The van der Waals surface area contributed by atoms with E-state index >= 15 is 0 Å². The lowest BCUT2D eigenvalue weighted by atomic mass is 9.67. The monoisotopic (exact) mass is 371 g/mol. The quantitative estimate of drug-likeness (QED) is 0.668. The van der Waals surface area contributed by atoms with Gasteiger partial charge in [-0.25, -0.2) is 0 Å². The zero-order valence-corrected chi connectivity index (χ0v) is 15.7. The van der Waals surface area contributed by atoms with Crippen LogP contribution in [0.5, 0.6) is 0 Å². The summed E-state index contributed by atoms with van der Waals surface area (Å²) in [6, 6.07) is 13.7. The first-order chi connectivity index (χ1) is 13.6. The van der Waals surface area contributed by atoms with Gasteiger partial charge < -0.3 is 15.6 Å². The van der Waals surface area contributed by atoms with Gasteiger partial charge in [0.1, 0.15) is 5.78 Å². The summed E-state index contributed by atoms with van der Waals surface area (Å²) in [6.07, 6.45) is 7.68. The van der Waals surface area contributed by atoms with Crippen molar-refractivity contribution in [3.63, 3.8) is 0 Å². The second-order valence-corrected chi connectivity index (χ2v) is 7.23. The molecule has 1 aromatic heterocycles. The lowest BCUT2D eigenvalue weighted by molar-refractivity contribution is -0.119. The molecule has 1 unspecified atom stereocenters. The molecule has 0 saturated heterocycles. The maximum atomic E-state index is 13.0. The van der Waals surface area contributed by atoms with Crippen LogP contribution in [0.15, 0.2) is 61.1 Å². The molecule has 1 aliphatic rings. The molecule has 4 rings (SSSR count). The predicted octanol–water partition coefficient (Wildman–Crippen LogP) is 1.69. The predicted molar refractivity (Wildman–Crippen MR) is 113 cm³/mol. The van der Waals surface area contributed by atoms with Crippen LogP contribution < -0.4 is 11.2 Å². The molecule has 0 radical (unpaired) electrons. The largest absolute Gasteiger partial charge is 0.449 e. The number of aromatic nitrogens is 1. The molecule has 0 spiro atoms. The van der Waals surface area contributed by atoms with Crippen molar-refractivity contribution >= 4 is 35.1 Å². The van der Waals surface area contributed by atoms with Crippen LogP contribution in [0.4, 0.5) is 0 Å². The zero-order chi connectivity index (χ0) is 19.7. The number of hydrogen-bond acceptors (Lipinski definition) is 5. The number of nitrogens with two attached hydrogens (primary N) is 1. The molecule has 1 aliphatic heterocycles. The molecule has 2 heterocycles. The van der Waals surface area contributed by atoms with E-state index in [0.717, 1.165) is 32.9 Å². The number of nitrogens with zero attached hydrogens (tertiary/aromatic N) is 2. The van der Waals surface area contributed by atoms with E-state index in [2.05, 4.69) is 4.98 Å². The Morgan fingerprint density at radius 2 is 2.07 bits per heavy atom. The molecule has 2 aromatic carbocycles. The molecule has 0 amide bonds. The van der Waals surface area contributed by atoms with Crippen molar-refractivity contribution in [3.8, 4) is 0 Å². The number of carbonyl (C=O) groups excluding carboxylic acids is 1. The molecule has 6 heteroatoms. The van der Waals surface area contributed by atoms with Gasteiger partial charge in [0.15, 0.2) is 0 Å². The Hall–Kier alpha value is -2.96. The van der Waals surface area contributed by atoms with Crippen LogP contribution in [-0.2, 0) is 11.2 Å². The highest BCUT2D eigenvalue weighted by atomic mass is 16.2. The fourth-order valence-electron chi connectivity index (χ4n) is 3.70. The van der Waals surface area contributed by atoms with Crippen LogP contribution in [-0.4, -0.2) is 41.2 Å². The van der Waals surface area contributed by atoms with E-state index in [0.29, 0.717) is 6.42 Å². The van der Waals surface area contributed by atoms with E-state index in [4.69, 9.17) is 5.73 Å². The highest BCUT2D eigenvalue weighted by molar-refractivity contribution is 6.65. The summed E-state index contributed by atoms with van der Waals surface area (Å²) in [6.45, 7) is 0.233. The zero-order valence-electron chi connectivity index (χ0n) is 15.7. The Balaban J connectivity index is 1.59.